The number of nitrogens with zero attached hydrogens (tertiary/aromatic N) is 5. The number of tetrazole rings is 1. The third kappa shape index (κ3) is 5.70. The van der Waals surface area contributed by atoms with E-state index < -0.39 is 46.9 Å². The largest absolute Gasteiger partial charge is 0.451 e. The van der Waals surface area contributed by atoms with Gasteiger partial charge in [0.25, 0.3) is 11.8 Å². The number of thioether (sulfide) groups is 2. The highest BCUT2D eigenvalue weighted by Gasteiger charge is 2.64. The van der Waals surface area contributed by atoms with Gasteiger partial charge in [-0.2, -0.15) is 11.8 Å². The van der Waals surface area contributed by atoms with E-state index in [1.807, 2.05) is 73.0 Å². The van der Waals surface area contributed by atoms with Crippen LogP contribution in [0, 0.1) is 0 Å². The Kier molecular flexibility index (Phi) is 8.69. The third-order valence-electron chi connectivity index (χ3n) is 7.77. The molecule has 2 saturated heterocycles. The zero-order chi connectivity index (χ0) is 30.7. The number of rotatable bonds is 10. The summed E-state index contributed by atoms with van der Waals surface area (Å²) in [5.41, 5.74) is 2.02. The van der Waals surface area contributed by atoms with Crippen LogP contribution in [0.4, 0.5) is 0 Å². The molecule has 226 valence electrons. The van der Waals surface area contributed by atoms with Gasteiger partial charge in [-0.1, -0.05) is 90.6 Å². The maximum absolute atomic E-state index is 14.4. The summed E-state index contributed by atoms with van der Waals surface area (Å²) in [4.78, 5) is 42.5. The minimum absolute atomic E-state index is 0.125. The number of benzene rings is 3. The summed E-state index contributed by atoms with van der Waals surface area (Å²) in [6.07, 6.45) is 0.345. The van der Waals surface area contributed by atoms with Gasteiger partial charge in [0.05, 0.1) is 11.4 Å². The van der Waals surface area contributed by atoms with Crippen molar-refractivity contribution in [2.24, 2.45) is 7.05 Å². The maximum atomic E-state index is 14.4. The Morgan fingerprint density at radius 1 is 1.02 bits per heavy atom. The van der Waals surface area contributed by atoms with Crippen LogP contribution < -0.4 is 5.32 Å². The molecule has 2 aliphatic heterocycles. The number of ether oxygens (including phenoxy) is 2. The van der Waals surface area contributed by atoms with Crippen LogP contribution in [-0.2, 0) is 26.1 Å². The standard InChI is InChI=1S/C31H30N6O5S2/c1-36-30(33-34-35-36)44-19-31(43-2)18-41-28-23(32-26(38)22-16-10-5-11-17-22)27(39)37(28)25(31)29(40)42-24(20-12-6-3-7-13-20)21-14-8-4-9-15-21/h3-17,23-25,28H,18-19H2,1-2H3,(H,32,38)/t23-,25-,28+,31-/m0/s1. The zero-order valence-electron chi connectivity index (χ0n) is 24.0. The summed E-state index contributed by atoms with van der Waals surface area (Å²) in [5, 5.41) is 15.0. The van der Waals surface area contributed by atoms with Gasteiger partial charge in [0.2, 0.25) is 5.16 Å². The monoisotopic (exact) mass is 630 g/mol. The molecule has 0 saturated carbocycles. The van der Waals surface area contributed by atoms with Crippen molar-refractivity contribution in [3.05, 3.63) is 108 Å². The third-order valence-corrected chi connectivity index (χ3v) is 10.5. The summed E-state index contributed by atoms with van der Waals surface area (Å²) in [6, 6.07) is 25.7. The van der Waals surface area contributed by atoms with Gasteiger partial charge in [-0.3, -0.25) is 14.5 Å². The molecule has 2 amide bonds. The van der Waals surface area contributed by atoms with Gasteiger partial charge in [0, 0.05) is 18.4 Å². The van der Waals surface area contributed by atoms with Crippen molar-refractivity contribution in [2.75, 3.05) is 18.6 Å². The van der Waals surface area contributed by atoms with Crippen LogP contribution in [0.25, 0.3) is 0 Å². The number of esters is 1. The molecular weight excluding hydrogens is 601 g/mol. The van der Waals surface area contributed by atoms with Crippen LogP contribution in [0.2, 0.25) is 0 Å². The highest BCUT2D eigenvalue weighted by atomic mass is 32.2. The number of nitrogens with one attached hydrogen (secondary N) is 1. The second kappa shape index (κ2) is 12.8. The molecule has 4 atom stereocenters. The molecule has 6 rings (SSSR count). The number of aromatic nitrogens is 4. The predicted octanol–water partition coefficient (Wildman–Crippen LogP) is 3.10. The van der Waals surface area contributed by atoms with Crippen molar-refractivity contribution in [2.45, 2.75) is 34.3 Å². The summed E-state index contributed by atoms with van der Waals surface area (Å²) in [5.74, 6) is -1.03. The molecule has 2 fully saturated rings. The van der Waals surface area contributed by atoms with Crippen molar-refractivity contribution in [1.29, 1.82) is 0 Å². The van der Waals surface area contributed by atoms with E-state index in [2.05, 4.69) is 20.8 Å². The van der Waals surface area contributed by atoms with Gasteiger partial charge in [0.15, 0.2) is 18.4 Å². The van der Waals surface area contributed by atoms with Crippen molar-refractivity contribution < 1.29 is 23.9 Å². The number of fused-ring (bicyclic) bond motifs is 1. The van der Waals surface area contributed by atoms with Crippen LogP contribution >= 0.6 is 23.5 Å². The molecule has 1 aromatic heterocycles. The number of hydrogen-bond acceptors (Lipinski definition) is 10. The molecule has 4 aromatic rings. The van der Waals surface area contributed by atoms with Gasteiger partial charge >= 0.3 is 5.97 Å². The first kappa shape index (κ1) is 29.9. The average Bonchev–Trinajstić information content (AvgIpc) is 3.49. The molecule has 1 N–H and O–H groups in total. The van der Waals surface area contributed by atoms with E-state index in [0.717, 1.165) is 11.1 Å². The van der Waals surface area contributed by atoms with E-state index in [1.54, 1.807) is 36.0 Å². The number of hydrogen-bond donors (Lipinski definition) is 1. The number of carbonyl (C=O) groups excluding carboxylic acids is 3. The molecule has 0 spiro atoms. The minimum atomic E-state index is -1.02. The first-order chi connectivity index (χ1) is 21.4. The second-order valence-corrected chi connectivity index (χ2v) is 12.6. The molecule has 13 heteroatoms. The number of β-lactam (4-membered cyclic amide) rings is 1. The van der Waals surface area contributed by atoms with E-state index in [0.29, 0.717) is 16.5 Å². The van der Waals surface area contributed by atoms with Crippen molar-refractivity contribution >= 4 is 41.3 Å². The summed E-state index contributed by atoms with van der Waals surface area (Å²) in [7, 11) is 1.73. The molecule has 3 heterocycles. The Bertz CT molecular complexity index is 1590. The minimum Gasteiger partial charge on any atom is -0.451 e. The molecule has 2 aliphatic rings. The number of amides is 2. The smallest absolute Gasteiger partial charge is 0.331 e. The van der Waals surface area contributed by atoms with Crippen molar-refractivity contribution in [3.8, 4) is 0 Å². The first-order valence-electron chi connectivity index (χ1n) is 13.9. The zero-order valence-corrected chi connectivity index (χ0v) is 25.6. The summed E-state index contributed by atoms with van der Waals surface area (Å²) in [6.45, 7) is 0.125. The highest BCUT2D eigenvalue weighted by Crippen LogP contribution is 2.45. The topological polar surface area (TPSA) is 129 Å². The number of aryl methyl sites for hydroxylation is 1. The SMILES string of the molecule is CS[C@]1(CSc2nnnn2C)CO[C@@H]2[C@@H](NC(=O)c3ccccc3)C(=O)N2[C@H]1C(=O)OC(c1ccccc1)c1ccccc1. The molecule has 0 aliphatic carbocycles. The fourth-order valence-electron chi connectivity index (χ4n) is 5.42. The van der Waals surface area contributed by atoms with E-state index in [1.165, 1.54) is 28.4 Å². The molecular formula is C31H30N6O5S2. The van der Waals surface area contributed by atoms with Gasteiger partial charge in [0.1, 0.15) is 6.04 Å². The second-order valence-electron chi connectivity index (χ2n) is 10.4. The van der Waals surface area contributed by atoms with Crippen molar-refractivity contribution in [3.63, 3.8) is 0 Å². The lowest BCUT2D eigenvalue weighted by atomic mass is 9.89. The first-order valence-corrected chi connectivity index (χ1v) is 16.1. The lowest BCUT2D eigenvalue weighted by molar-refractivity contribution is -0.219. The van der Waals surface area contributed by atoms with E-state index in [-0.39, 0.29) is 6.61 Å². The van der Waals surface area contributed by atoms with E-state index in [9.17, 15) is 14.4 Å². The van der Waals surface area contributed by atoms with Crippen LogP contribution in [0.5, 0.6) is 0 Å². The highest BCUT2D eigenvalue weighted by molar-refractivity contribution is 8.03. The Morgan fingerprint density at radius 3 is 2.20 bits per heavy atom. The summed E-state index contributed by atoms with van der Waals surface area (Å²) < 4.78 is 13.2. The van der Waals surface area contributed by atoms with Crippen LogP contribution in [0.3, 0.4) is 0 Å². The summed E-state index contributed by atoms with van der Waals surface area (Å²) >= 11 is 2.79. The fourth-order valence-corrected chi connectivity index (χ4v) is 7.62. The van der Waals surface area contributed by atoms with Gasteiger partial charge in [-0.25, -0.2) is 9.48 Å². The Balaban J connectivity index is 1.31. The Hall–Kier alpha value is -4.20. The van der Waals surface area contributed by atoms with E-state index in [4.69, 9.17) is 9.47 Å². The number of carbonyl (C=O) groups is 3. The fraction of sp³-hybridized carbons (Fsp3) is 0.290. The Morgan fingerprint density at radius 2 is 1.64 bits per heavy atom. The Labute approximate surface area is 262 Å². The van der Waals surface area contributed by atoms with E-state index >= 15 is 0 Å². The molecule has 0 radical (unpaired) electrons. The maximum Gasteiger partial charge on any atom is 0.331 e. The van der Waals surface area contributed by atoms with Gasteiger partial charge < -0.3 is 14.8 Å². The molecule has 0 bridgehead atoms. The lowest BCUT2D eigenvalue weighted by Gasteiger charge is -2.58. The normalized spacial score (nSPS) is 22.7. The quantitative estimate of drug-likeness (QED) is 0.159. The predicted molar refractivity (Wildman–Crippen MR) is 165 cm³/mol. The lowest BCUT2D eigenvalue weighted by Crippen LogP contribution is -2.81. The molecule has 44 heavy (non-hydrogen) atoms. The van der Waals surface area contributed by atoms with Crippen molar-refractivity contribution in [1.82, 2.24) is 30.4 Å². The molecule has 11 nitrogen and oxygen atoms in total. The molecule has 3 aromatic carbocycles. The van der Waals surface area contributed by atoms with Gasteiger partial charge in [-0.15, -0.1) is 5.10 Å². The molecule has 0 unspecified atom stereocenters. The van der Waals surface area contributed by atoms with Crippen LogP contribution in [-0.4, -0.2) is 84.6 Å². The van der Waals surface area contributed by atoms with Crippen LogP contribution in [0.1, 0.15) is 27.6 Å². The van der Waals surface area contributed by atoms with Gasteiger partial charge in [-0.05, 0) is 39.9 Å². The average molecular weight is 631 g/mol. The van der Waals surface area contributed by atoms with Crippen LogP contribution in [0.15, 0.2) is 96.2 Å².